The summed E-state index contributed by atoms with van der Waals surface area (Å²) in [5, 5.41) is 11.6. The highest BCUT2D eigenvalue weighted by molar-refractivity contribution is 5.83. The molecule has 0 saturated carbocycles. The summed E-state index contributed by atoms with van der Waals surface area (Å²) < 4.78 is 102. The smallest absolute Gasteiger partial charge is 0.407 e. The maximum Gasteiger partial charge on any atom is 0.407 e. The van der Waals surface area contributed by atoms with Crippen molar-refractivity contribution >= 4 is 29.6 Å². The van der Waals surface area contributed by atoms with Crippen LogP contribution in [-0.2, 0) is 99.7 Å². The number of nitrogens with one attached hydrogen (secondary N) is 4. The Hall–Kier alpha value is -3.29. The summed E-state index contributed by atoms with van der Waals surface area (Å²) in [6.45, 7) is 16.8. The van der Waals surface area contributed by atoms with Crippen LogP contribution in [0.3, 0.4) is 0 Å². The maximum atomic E-state index is 14.7. The fourth-order valence-corrected chi connectivity index (χ4v) is 11.2. The van der Waals surface area contributed by atoms with Crippen LogP contribution in [0.2, 0.25) is 0 Å². The lowest BCUT2D eigenvalue weighted by Gasteiger charge is -2.34. The minimum Gasteiger partial charge on any atom is -0.444 e. The van der Waals surface area contributed by atoms with Crippen molar-refractivity contribution in [3.63, 3.8) is 0 Å². The van der Waals surface area contributed by atoms with E-state index in [9.17, 15) is 24.0 Å². The van der Waals surface area contributed by atoms with Crippen molar-refractivity contribution in [2.75, 3.05) is 35.2 Å². The number of hydrogen-bond acceptors (Lipinski definition) is 22. The van der Waals surface area contributed by atoms with Crippen LogP contribution in [0.1, 0.15) is 94.9 Å². The Morgan fingerprint density at radius 3 is 1.14 bits per heavy atom. The number of amides is 4. The lowest BCUT2D eigenvalue weighted by atomic mass is 9.96. The quantitative estimate of drug-likeness (QED) is 0.127. The molecular formula is C48H76N4O22. The van der Waals surface area contributed by atoms with Gasteiger partial charge < -0.3 is 102 Å². The monoisotopic (exact) mass is 1060 g/mol. The molecule has 8 rings (SSSR count). The first-order chi connectivity index (χ1) is 34.7. The lowest BCUT2D eigenvalue weighted by Crippen LogP contribution is -2.57. The fourth-order valence-electron chi connectivity index (χ4n) is 11.2. The van der Waals surface area contributed by atoms with Gasteiger partial charge in [-0.3, -0.25) is 19.2 Å². The summed E-state index contributed by atoms with van der Waals surface area (Å²) in [6, 6.07) is -4.31. The molecule has 4 amide bonds. The maximum absolute atomic E-state index is 14.7. The van der Waals surface area contributed by atoms with Gasteiger partial charge in [-0.05, 0) is 69.2 Å². The van der Waals surface area contributed by atoms with E-state index in [0.717, 1.165) is 0 Å². The molecule has 0 spiro atoms. The fraction of sp³-hybridized carbons (Fsp3) is 0.896. The van der Waals surface area contributed by atoms with Crippen LogP contribution in [0.5, 0.6) is 0 Å². The van der Waals surface area contributed by atoms with E-state index in [-0.39, 0.29) is 19.0 Å². The third-order valence-electron chi connectivity index (χ3n) is 13.9. The van der Waals surface area contributed by atoms with Gasteiger partial charge in [0.1, 0.15) is 84.6 Å². The Morgan fingerprint density at radius 1 is 0.473 bits per heavy atom. The summed E-state index contributed by atoms with van der Waals surface area (Å²) in [6.07, 6.45) is -15.7. The molecule has 4 unspecified atom stereocenters. The zero-order chi connectivity index (χ0) is 53.8. The molecular weight excluding hydrogens is 985 g/mol. The number of methoxy groups -OCH3 is 4. The van der Waals surface area contributed by atoms with E-state index in [1.807, 2.05) is 0 Å². The van der Waals surface area contributed by atoms with Gasteiger partial charge in [0.05, 0.1) is 24.2 Å². The van der Waals surface area contributed by atoms with Crippen LogP contribution in [0, 0.1) is 0 Å². The topological polar surface area (TPSA) is 290 Å². The summed E-state index contributed by atoms with van der Waals surface area (Å²) in [4.78, 5) is 69.8. The Balaban J connectivity index is 1.04. The number of carbonyl (C=O) groups is 5. The molecule has 0 aliphatic carbocycles. The highest BCUT2D eigenvalue weighted by Gasteiger charge is 2.61. The van der Waals surface area contributed by atoms with Crippen LogP contribution in [0.15, 0.2) is 0 Å². The van der Waals surface area contributed by atoms with E-state index in [1.54, 1.807) is 62.3 Å². The number of hydrogen-bond donors (Lipinski definition) is 4. The molecule has 20 atom stereocenters. The van der Waals surface area contributed by atoms with Gasteiger partial charge in [0.25, 0.3) is 0 Å². The molecule has 0 bridgehead atoms. The normalized spacial score (nSPS) is 38.8. The van der Waals surface area contributed by atoms with Crippen molar-refractivity contribution in [2.45, 2.75) is 240 Å². The molecule has 8 aliphatic rings. The third-order valence-corrected chi connectivity index (χ3v) is 13.9. The van der Waals surface area contributed by atoms with Crippen LogP contribution >= 0.6 is 0 Å². The predicted molar refractivity (Wildman–Crippen MR) is 247 cm³/mol. The van der Waals surface area contributed by atoms with Gasteiger partial charge in [0.15, 0.2) is 49.3 Å². The van der Waals surface area contributed by atoms with Gasteiger partial charge in [-0.25, -0.2) is 4.79 Å². The minimum atomic E-state index is -1.16. The van der Waals surface area contributed by atoms with E-state index < -0.39 is 189 Å². The van der Waals surface area contributed by atoms with Crippen molar-refractivity contribution in [1.82, 2.24) is 21.3 Å². The average Bonchev–Trinajstić information content (AvgIpc) is 4.15. The average molecular weight is 1060 g/mol. The zero-order valence-electron chi connectivity index (χ0n) is 44.6. The molecule has 0 aromatic heterocycles. The van der Waals surface area contributed by atoms with Gasteiger partial charge >= 0.3 is 6.09 Å². The molecule has 8 aliphatic heterocycles. The second-order valence-electron chi connectivity index (χ2n) is 22.2. The third kappa shape index (κ3) is 12.7. The first-order valence-corrected chi connectivity index (χ1v) is 25.1. The Morgan fingerprint density at radius 2 is 0.797 bits per heavy atom. The van der Waals surface area contributed by atoms with Crippen LogP contribution in [0.25, 0.3) is 0 Å². The van der Waals surface area contributed by atoms with Crippen LogP contribution in [-0.4, -0.2) is 210 Å². The van der Waals surface area contributed by atoms with Crippen molar-refractivity contribution in [1.29, 1.82) is 0 Å². The number of alkyl carbamates (subject to hydrolysis) is 1. The Labute approximate surface area is 430 Å². The lowest BCUT2D eigenvalue weighted by molar-refractivity contribution is -0.220. The Bertz CT molecular complexity index is 2040. The van der Waals surface area contributed by atoms with Gasteiger partial charge in [-0.2, -0.15) is 0 Å². The van der Waals surface area contributed by atoms with Crippen LogP contribution < -0.4 is 21.3 Å². The number of carbonyl (C=O) groups excluding carboxylic acids is 5. The Kier molecular flexibility index (Phi) is 17.1. The van der Waals surface area contributed by atoms with E-state index in [2.05, 4.69) is 21.3 Å². The number of ether oxygens (including phenoxy) is 17. The molecule has 0 aromatic carbocycles. The summed E-state index contributed by atoms with van der Waals surface area (Å²) >= 11 is 0. The standard InChI is InChI=1S/C48H76N4O22/c1-20(53)15-21(28-33(59-12)37-41(65-28)71-46(5,6)68-37)49-25(54)17-23(30-34(60-13)38-42(66-30)72-47(7,8)69-38)51-26(55)16-22(29-32(58-11)36-40(64-29)63-19-62-36)50-27(56)18-24(52-44(57)74-45(2,3)4)31-35(61-14)39-43(67-31)73-48(9,10)70-39/h21-24,28-43H,15-19H2,1-14H3,(H,49,54)(H,50,56)(H,51,55)(H,52,57)/t21?,22?,23?,24?,28-,29-,30-,31-,32+,33+,34+,35+,36-,37-,38-,39-,40+,41-,42-,43-/m1/s1. The number of Topliss-reactive ketones (excluding diaryl/α,β-unsaturated/α-hetero) is 1. The van der Waals surface area contributed by atoms with Gasteiger partial charge in [-0.15, -0.1) is 0 Å². The van der Waals surface area contributed by atoms with E-state index in [0.29, 0.717) is 0 Å². The molecule has 74 heavy (non-hydrogen) atoms. The van der Waals surface area contributed by atoms with Gasteiger partial charge in [-0.1, -0.05) is 0 Å². The van der Waals surface area contributed by atoms with Crippen molar-refractivity contribution in [3.05, 3.63) is 0 Å². The molecule has 0 aromatic rings. The van der Waals surface area contributed by atoms with Crippen LogP contribution in [0.4, 0.5) is 4.79 Å². The molecule has 8 saturated heterocycles. The van der Waals surface area contributed by atoms with Crippen molar-refractivity contribution < 1.29 is 104 Å². The number of rotatable bonds is 20. The highest BCUT2D eigenvalue weighted by atomic mass is 16.9. The summed E-state index contributed by atoms with van der Waals surface area (Å²) in [5.41, 5.74) is -0.896. The van der Waals surface area contributed by atoms with E-state index >= 15 is 0 Å². The highest BCUT2D eigenvalue weighted by Crippen LogP contribution is 2.43. The first-order valence-electron chi connectivity index (χ1n) is 25.1. The number of fused-ring (bicyclic) bond motifs is 4. The second-order valence-corrected chi connectivity index (χ2v) is 22.2. The molecule has 420 valence electrons. The minimum absolute atomic E-state index is 0.0718. The molecule has 4 N–H and O–H groups in total. The molecule has 26 nitrogen and oxygen atoms in total. The zero-order valence-corrected chi connectivity index (χ0v) is 44.6. The van der Waals surface area contributed by atoms with Crippen molar-refractivity contribution in [2.24, 2.45) is 0 Å². The van der Waals surface area contributed by atoms with Gasteiger partial charge in [0, 0.05) is 54.1 Å². The van der Waals surface area contributed by atoms with E-state index in [1.165, 1.54) is 35.4 Å². The van der Waals surface area contributed by atoms with E-state index in [4.69, 9.17) is 80.5 Å². The SMILES string of the molecule is CO[C@@H]1[C@H]2OCO[C@H]2O[C@@H]1C(CC(=O)NC(CC(=O)NC(CC(C)=O)[C@H]1O[C@@H]2OC(C)(C)O[C@@H]2[C@H]1OC)[C@H]1O[C@@H]2OC(C)(C)O[C@@H]2[C@H]1OC)NC(=O)CC(NC(=O)OC(C)(C)C)[C@H]1O[C@@H]2OC(C)(C)O[C@@H]2[C@H]1OC. The van der Waals surface area contributed by atoms with Gasteiger partial charge in [0.2, 0.25) is 17.7 Å². The molecule has 8 heterocycles. The molecule has 8 fully saturated rings. The molecule has 26 heteroatoms. The summed E-state index contributed by atoms with van der Waals surface area (Å²) in [7, 11) is 5.82. The second kappa shape index (κ2) is 22.2. The largest absolute Gasteiger partial charge is 0.444 e. The number of ketones is 1. The molecule has 0 radical (unpaired) electrons. The van der Waals surface area contributed by atoms with Crippen molar-refractivity contribution in [3.8, 4) is 0 Å². The summed E-state index contributed by atoms with van der Waals surface area (Å²) in [5.74, 6) is -5.14. The first kappa shape index (κ1) is 56.9. The predicted octanol–water partition coefficient (Wildman–Crippen LogP) is 0.271.